The van der Waals surface area contributed by atoms with Crippen LogP contribution in [0, 0.1) is 12.7 Å². The summed E-state index contributed by atoms with van der Waals surface area (Å²) in [6.45, 7) is 5.84. The molecule has 1 fully saturated rings. The number of aryl methyl sites for hydroxylation is 1. The third kappa shape index (κ3) is 6.18. The predicted octanol–water partition coefficient (Wildman–Crippen LogP) is 4.01. The third-order valence-corrected chi connectivity index (χ3v) is 9.53. The van der Waals surface area contributed by atoms with Gasteiger partial charge >= 0.3 is 5.69 Å². The fourth-order valence-electron chi connectivity index (χ4n) is 6.85. The van der Waals surface area contributed by atoms with Crippen LogP contribution in [0.2, 0.25) is 0 Å². The molecule has 49 heavy (non-hydrogen) atoms. The molecule has 2 aromatic carbocycles. The molecule has 2 aliphatic heterocycles. The average Bonchev–Trinajstić information content (AvgIpc) is 3.67. The van der Waals surface area contributed by atoms with E-state index in [1.165, 1.54) is 47.3 Å². The summed E-state index contributed by atoms with van der Waals surface area (Å²) in [7, 11) is 3.52. The molecule has 0 spiro atoms. The maximum atomic E-state index is 15.1. The van der Waals surface area contributed by atoms with Gasteiger partial charge in [0.25, 0.3) is 11.8 Å². The van der Waals surface area contributed by atoms with Crippen molar-refractivity contribution in [2.24, 2.45) is 14.1 Å². The maximum Gasteiger partial charge on any atom is 0.345 e. The number of halogens is 1. The van der Waals surface area contributed by atoms with Crippen molar-refractivity contribution in [3.8, 4) is 11.3 Å². The zero-order chi connectivity index (χ0) is 34.2. The van der Waals surface area contributed by atoms with Gasteiger partial charge in [0.15, 0.2) is 0 Å². The molecule has 252 valence electrons. The molecule has 7 rings (SSSR count). The Kier molecular flexibility index (Phi) is 8.69. The summed E-state index contributed by atoms with van der Waals surface area (Å²) in [5.74, 6) is -1.11. The zero-order valence-corrected chi connectivity index (χ0v) is 27.6. The summed E-state index contributed by atoms with van der Waals surface area (Å²) in [5, 5.41) is 4.22. The summed E-state index contributed by atoms with van der Waals surface area (Å²) in [6, 6.07) is 13.9. The Morgan fingerprint density at radius 2 is 1.82 bits per heavy atom. The molecule has 13 heteroatoms. The molecule has 0 aliphatic carbocycles. The highest BCUT2D eigenvalue weighted by molar-refractivity contribution is 6.12. The van der Waals surface area contributed by atoms with Crippen molar-refractivity contribution in [2.45, 2.75) is 19.4 Å². The molecular formula is C36H37FN8O4. The van der Waals surface area contributed by atoms with E-state index in [9.17, 15) is 14.4 Å². The van der Waals surface area contributed by atoms with E-state index in [1.54, 1.807) is 42.5 Å². The topological polar surface area (TPSA) is 122 Å². The molecule has 5 aromatic rings. The van der Waals surface area contributed by atoms with Gasteiger partial charge in [0.1, 0.15) is 5.82 Å². The highest BCUT2D eigenvalue weighted by Gasteiger charge is 2.35. The second-order valence-corrected chi connectivity index (χ2v) is 12.4. The molecule has 0 radical (unpaired) electrons. The van der Waals surface area contributed by atoms with Gasteiger partial charge < -0.3 is 19.2 Å². The summed E-state index contributed by atoms with van der Waals surface area (Å²) in [6.07, 6.45) is 6.65. The molecule has 0 bridgehead atoms. The number of aromatic amines is 1. The summed E-state index contributed by atoms with van der Waals surface area (Å²) in [5.41, 5.74) is 4.76. The van der Waals surface area contributed by atoms with E-state index in [0.717, 1.165) is 18.7 Å². The number of amides is 2. The van der Waals surface area contributed by atoms with Gasteiger partial charge in [-0.3, -0.25) is 24.1 Å². The van der Waals surface area contributed by atoms with Crippen LogP contribution in [-0.2, 0) is 25.3 Å². The lowest BCUT2D eigenvalue weighted by atomic mass is 9.91. The van der Waals surface area contributed by atoms with Crippen LogP contribution in [-0.4, -0.2) is 85.3 Å². The van der Waals surface area contributed by atoms with E-state index in [0.29, 0.717) is 72.2 Å². The molecule has 1 N–H and O–H groups in total. The number of morpholine rings is 1. The smallest absolute Gasteiger partial charge is 0.345 e. The normalized spacial score (nSPS) is 16.4. The minimum absolute atomic E-state index is 0.195. The number of fused-ring (bicyclic) bond motifs is 1. The Hall–Kier alpha value is -5.40. The summed E-state index contributed by atoms with van der Waals surface area (Å²) >= 11 is 0. The number of hydrogen-bond donors (Lipinski definition) is 1. The Bertz CT molecular complexity index is 2080. The lowest BCUT2D eigenvalue weighted by Gasteiger charge is -2.41. The quantitative estimate of drug-likeness (QED) is 0.279. The van der Waals surface area contributed by atoms with Crippen LogP contribution >= 0.6 is 0 Å². The minimum Gasteiger partial charge on any atom is -0.379 e. The molecule has 1 saturated heterocycles. The second-order valence-electron chi connectivity index (χ2n) is 12.4. The Balaban J connectivity index is 1.28. The first-order valence-electron chi connectivity index (χ1n) is 16.2. The van der Waals surface area contributed by atoms with Gasteiger partial charge in [0, 0.05) is 75.2 Å². The number of nitrogens with zero attached hydrogens (tertiary/aromatic N) is 7. The lowest BCUT2D eigenvalue weighted by molar-refractivity contribution is 0.0201. The van der Waals surface area contributed by atoms with Crippen LogP contribution in [0.4, 0.5) is 15.8 Å². The zero-order valence-electron chi connectivity index (χ0n) is 27.6. The van der Waals surface area contributed by atoms with Gasteiger partial charge in [0.05, 0.1) is 48.6 Å². The fraction of sp³-hybridized carbons (Fsp3) is 0.306. The van der Waals surface area contributed by atoms with Gasteiger partial charge in [-0.25, -0.2) is 9.18 Å². The second kappa shape index (κ2) is 13.2. The highest BCUT2D eigenvalue weighted by Crippen LogP contribution is 2.36. The average molecular weight is 665 g/mol. The van der Waals surface area contributed by atoms with E-state index in [1.807, 2.05) is 17.0 Å². The number of H-pyrrole nitrogens is 1. The lowest BCUT2D eigenvalue weighted by Crippen LogP contribution is -2.47. The number of ether oxygens (including phenoxy) is 1. The van der Waals surface area contributed by atoms with E-state index < -0.39 is 17.4 Å². The largest absolute Gasteiger partial charge is 0.379 e. The summed E-state index contributed by atoms with van der Waals surface area (Å²) in [4.78, 5) is 52.7. The number of hydrogen-bond acceptors (Lipinski definition) is 7. The van der Waals surface area contributed by atoms with Crippen LogP contribution in [0.3, 0.4) is 0 Å². The highest BCUT2D eigenvalue weighted by atomic mass is 19.1. The van der Waals surface area contributed by atoms with Gasteiger partial charge in [-0.05, 0) is 48.7 Å². The van der Waals surface area contributed by atoms with Crippen molar-refractivity contribution in [3.63, 3.8) is 0 Å². The van der Waals surface area contributed by atoms with Crippen LogP contribution in [0.15, 0.2) is 78.1 Å². The van der Waals surface area contributed by atoms with Crippen molar-refractivity contribution in [1.29, 1.82) is 0 Å². The summed E-state index contributed by atoms with van der Waals surface area (Å²) < 4.78 is 24.0. The molecule has 2 aliphatic rings. The fourth-order valence-corrected chi connectivity index (χ4v) is 6.85. The van der Waals surface area contributed by atoms with Gasteiger partial charge in [-0.1, -0.05) is 24.3 Å². The van der Waals surface area contributed by atoms with Gasteiger partial charge in [-0.15, -0.1) is 0 Å². The van der Waals surface area contributed by atoms with Crippen molar-refractivity contribution < 1.29 is 18.7 Å². The standard InChI is InChI=1S/C36H37FN8O4/c1-23-30(35(47)45(27-20-40-41(2)21-27)26-18-38-36(48)39-19-26)17-32(42(23)3)31-16-25(37)8-9-29(31)34(46)44-11-10-24-6-4-5-7-28(24)33(44)22-43-12-14-49-15-13-43/h4-9,16-21,33H,10-15,22H2,1-3H3,(H,38,39,48). The molecule has 12 nitrogen and oxygen atoms in total. The van der Waals surface area contributed by atoms with Crippen molar-refractivity contribution in [1.82, 2.24) is 34.1 Å². The molecule has 5 heterocycles. The number of rotatable bonds is 7. The maximum absolute atomic E-state index is 15.1. The number of nitrogens with one attached hydrogen (secondary N) is 1. The van der Waals surface area contributed by atoms with Crippen LogP contribution in [0.25, 0.3) is 11.3 Å². The Morgan fingerprint density at radius 1 is 1.02 bits per heavy atom. The van der Waals surface area contributed by atoms with E-state index in [2.05, 4.69) is 32.1 Å². The van der Waals surface area contributed by atoms with E-state index >= 15 is 4.39 Å². The number of aromatic nitrogens is 5. The molecule has 1 unspecified atom stereocenters. The first kappa shape index (κ1) is 32.2. The molecule has 2 amide bonds. The molecule has 1 atom stereocenters. The van der Waals surface area contributed by atoms with Crippen LogP contribution in [0.5, 0.6) is 0 Å². The van der Waals surface area contributed by atoms with Crippen LogP contribution < -0.4 is 10.6 Å². The molecule has 0 saturated carbocycles. The first-order chi connectivity index (χ1) is 23.7. The van der Waals surface area contributed by atoms with Crippen molar-refractivity contribution in [2.75, 3.05) is 44.3 Å². The SMILES string of the molecule is Cc1c(C(=O)N(c2cnc(=O)[nH]c2)c2cnn(C)c2)cc(-c2cc(F)ccc2C(=O)N2CCc3ccccc3C2CN2CCOCC2)n1C. The Labute approximate surface area is 282 Å². The molecule has 3 aromatic heterocycles. The number of anilines is 2. The predicted molar refractivity (Wildman–Crippen MR) is 181 cm³/mol. The Morgan fingerprint density at radius 3 is 2.55 bits per heavy atom. The van der Waals surface area contributed by atoms with Crippen molar-refractivity contribution >= 4 is 23.2 Å². The van der Waals surface area contributed by atoms with Crippen molar-refractivity contribution in [3.05, 3.63) is 118 Å². The third-order valence-electron chi connectivity index (χ3n) is 9.53. The van der Waals surface area contributed by atoms with Crippen LogP contribution in [0.1, 0.15) is 43.6 Å². The van der Waals surface area contributed by atoms with Gasteiger partial charge in [-0.2, -0.15) is 10.1 Å². The van der Waals surface area contributed by atoms with E-state index in [4.69, 9.17) is 4.74 Å². The minimum atomic E-state index is -0.548. The van der Waals surface area contributed by atoms with Gasteiger partial charge in [0.2, 0.25) is 0 Å². The monoisotopic (exact) mass is 664 g/mol. The first-order valence-corrected chi connectivity index (χ1v) is 16.2. The molecular weight excluding hydrogens is 627 g/mol. The number of benzene rings is 2. The number of carbonyl (C=O) groups excluding carboxylic acids is 2. The van der Waals surface area contributed by atoms with E-state index in [-0.39, 0.29) is 11.9 Å². The number of carbonyl (C=O) groups is 2.